The van der Waals surface area contributed by atoms with Crippen LogP contribution in [-0.2, 0) is 18.1 Å². The van der Waals surface area contributed by atoms with Crippen LogP contribution in [0.5, 0.6) is 0 Å². The van der Waals surface area contributed by atoms with E-state index < -0.39 is 8.07 Å². The molecule has 3 aromatic rings. The number of hydrogen-bond donors (Lipinski definition) is 2. The summed E-state index contributed by atoms with van der Waals surface area (Å²) < 4.78 is 7.57. The lowest BCUT2D eigenvalue weighted by Gasteiger charge is -2.15. The number of aromatic amines is 1. The first-order valence-electron chi connectivity index (χ1n) is 9.02. The number of H-pyrrole nitrogens is 1. The van der Waals surface area contributed by atoms with Crippen LogP contribution in [0.3, 0.4) is 0 Å². The van der Waals surface area contributed by atoms with Gasteiger partial charge >= 0.3 is 0 Å². The Balaban J connectivity index is 1.90. The van der Waals surface area contributed by atoms with Crippen molar-refractivity contribution in [1.29, 1.82) is 0 Å². The van der Waals surface area contributed by atoms with Gasteiger partial charge in [-0.3, -0.25) is 4.79 Å². The lowest BCUT2D eigenvalue weighted by molar-refractivity contribution is 0.0817. The van der Waals surface area contributed by atoms with Gasteiger partial charge in [0.2, 0.25) is 0 Å². The number of aryl methyl sites for hydroxylation is 1. The molecule has 1 aromatic carbocycles. The summed E-state index contributed by atoms with van der Waals surface area (Å²) in [6, 6.07) is 4.83. The van der Waals surface area contributed by atoms with Crippen molar-refractivity contribution in [3.63, 3.8) is 0 Å². The zero-order valence-electron chi connectivity index (χ0n) is 16.2. The number of hydrogen-bond acceptors (Lipinski definition) is 5. The summed E-state index contributed by atoms with van der Waals surface area (Å²) in [5.41, 5.74) is 2.40. The highest BCUT2D eigenvalue weighted by Crippen LogP contribution is 2.27. The van der Waals surface area contributed by atoms with Crippen molar-refractivity contribution >= 4 is 19.0 Å². The van der Waals surface area contributed by atoms with E-state index in [0.29, 0.717) is 35.9 Å². The van der Waals surface area contributed by atoms with Gasteiger partial charge in [-0.15, -0.1) is 0 Å². The second kappa shape index (κ2) is 7.75. The minimum absolute atomic E-state index is 0.180. The predicted molar refractivity (Wildman–Crippen MR) is 108 cm³/mol. The highest BCUT2D eigenvalue weighted by atomic mass is 28.3. The summed E-state index contributed by atoms with van der Waals surface area (Å²) in [5, 5.41) is 15.1. The molecule has 0 aliphatic carbocycles. The van der Waals surface area contributed by atoms with Crippen molar-refractivity contribution in [3.8, 4) is 11.1 Å². The lowest BCUT2D eigenvalue weighted by Crippen LogP contribution is -2.22. The monoisotopic (exact) mass is 386 g/mol. The summed E-state index contributed by atoms with van der Waals surface area (Å²) in [6.45, 7) is 9.58. The molecular weight excluding hydrogens is 360 g/mol. The van der Waals surface area contributed by atoms with Gasteiger partial charge in [0.1, 0.15) is 12.6 Å². The molecule has 144 valence electrons. The number of fused-ring (bicyclic) bond motifs is 1. The molecule has 0 aliphatic rings. The Hall–Kier alpha value is -2.29. The maximum atomic E-state index is 12.3. The van der Waals surface area contributed by atoms with Gasteiger partial charge in [0, 0.05) is 26.3 Å². The lowest BCUT2D eigenvalue weighted by atomic mass is 10.0. The fourth-order valence-electron chi connectivity index (χ4n) is 2.86. The van der Waals surface area contributed by atoms with Crippen molar-refractivity contribution in [3.05, 3.63) is 46.3 Å². The van der Waals surface area contributed by atoms with Crippen molar-refractivity contribution in [2.45, 2.75) is 45.9 Å². The Labute approximate surface area is 159 Å². The third-order valence-corrected chi connectivity index (χ3v) is 6.17. The van der Waals surface area contributed by atoms with Crippen molar-refractivity contribution in [1.82, 2.24) is 19.7 Å². The first-order valence-corrected chi connectivity index (χ1v) is 12.7. The van der Waals surface area contributed by atoms with E-state index in [2.05, 4.69) is 34.7 Å². The minimum Gasteiger partial charge on any atom is -0.392 e. The number of ether oxygens (including phenoxy) is 1. The van der Waals surface area contributed by atoms with Gasteiger partial charge in [0.05, 0.1) is 23.9 Å². The van der Waals surface area contributed by atoms with Crippen LogP contribution >= 0.6 is 0 Å². The summed E-state index contributed by atoms with van der Waals surface area (Å²) in [6.07, 6.45) is 3.29. The molecule has 2 N–H and O–H groups in total. The van der Waals surface area contributed by atoms with Crippen molar-refractivity contribution in [2.24, 2.45) is 0 Å². The van der Waals surface area contributed by atoms with Crippen LogP contribution in [0.2, 0.25) is 25.7 Å². The average Bonchev–Trinajstić information content (AvgIpc) is 2.99. The fourth-order valence-corrected chi connectivity index (χ4v) is 3.62. The van der Waals surface area contributed by atoms with Gasteiger partial charge in [-0.25, -0.2) is 9.67 Å². The van der Waals surface area contributed by atoms with E-state index in [4.69, 9.17) is 4.74 Å². The molecule has 0 aliphatic heterocycles. The number of rotatable bonds is 7. The van der Waals surface area contributed by atoms with E-state index in [0.717, 1.165) is 16.9 Å². The Morgan fingerprint density at radius 3 is 2.67 bits per heavy atom. The van der Waals surface area contributed by atoms with E-state index in [1.807, 2.05) is 12.1 Å². The normalized spacial score (nSPS) is 12.0. The maximum Gasteiger partial charge on any atom is 0.258 e. The number of aliphatic hydroxyl groups excluding tert-OH is 1. The zero-order valence-corrected chi connectivity index (χ0v) is 17.2. The van der Waals surface area contributed by atoms with E-state index in [1.165, 1.54) is 0 Å². The molecule has 0 radical (unpaired) electrons. The van der Waals surface area contributed by atoms with E-state index in [-0.39, 0.29) is 12.2 Å². The van der Waals surface area contributed by atoms with Gasteiger partial charge in [-0.1, -0.05) is 19.6 Å². The van der Waals surface area contributed by atoms with Crippen LogP contribution in [0.1, 0.15) is 11.4 Å². The maximum absolute atomic E-state index is 12.3. The summed E-state index contributed by atoms with van der Waals surface area (Å²) in [5.74, 6) is 0.554. The molecule has 0 fully saturated rings. The van der Waals surface area contributed by atoms with Crippen molar-refractivity contribution < 1.29 is 9.84 Å². The van der Waals surface area contributed by atoms with Crippen LogP contribution in [-0.4, -0.2) is 39.5 Å². The standard InChI is InChI=1S/C19H26N4O3Si/c1-13-20-10-17(19(25)22-13)16-7-14-9-21-23(18(14)8-15(16)11-24)12-26-5-6-27(2,3)4/h7-10,24H,5-6,11-12H2,1-4H3,(H,20,22,25). The molecule has 0 atom stereocenters. The molecule has 0 spiro atoms. The van der Waals surface area contributed by atoms with Crippen molar-refractivity contribution in [2.75, 3.05) is 6.61 Å². The number of aromatic nitrogens is 4. The Morgan fingerprint density at radius 1 is 1.22 bits per heavy atom. The summed E-state index contributed by atoms with van der Waals surface area (Å²) in [7, 11) is -1.13. The molecule has 8 heteroatoms. The summed E-state index contributed by atoms with van der Waals surface area (Å²) >= 11 is 0. The van der Waals surface area contributed by atoms with Gasteiger partial charge in [0.25, 0.3) is 5.56 Å². The molecule has 3 rings (SSSR count). The fraction of sp³-hybridized carbons (Fsp3) is 0.421. The molecule has 0 bridgehead atoms. The molecule has 2 heterocycles. The van der Waals surface area contributed by atoms with E-state index in [1.54, 1.807) is 24.0 Å². The largest absolute Gasteiger partial charge is 0.392 e. The third-order valence-electron chi connectivity index (χ3n) is 4.46. The van der Waals surface area contributed by atoms with Crippen LogP contribution in [0.4, 0.5) is 0 Å². The van der Waals surface area contributed by atoms with Gasteiger partial charge < -0.3 is 14.8 Å². The molecule has 0 saturated heterocycles. The minimum atomic E-state index is -1.13. The molecule has 0 amide bonds. The van der Waals surface area contributed by atoms with Gasteiger partial charge in [0.15, 0.2) is 0 Å². The van der Waals surface area contributed by atoms with Crippen LogP contribution < -0.4 is 5.56 Å². The molecule has 2 aromatic heterocycles. The highest BCUT2D eigenvalue weighted by molar-refractivity contribution is 6.76. The Bertz CT molecular complexity index is 1000. The second-order valence-electron chi connectivity index (χ2n) is 7.93. The number of benzene rings is 1. The predicted octanol–water partition coefficient (Wildman–Crippen LogP) is 2.90. The third kappa shape index (κ3) is 4.52. The molecular formula is C19H26N4O3Si. The second-order valence-corrected chi connectivity index (χ2v) is 13.6. The topological polar surface area (TPSA) is 93.0 Å². The quantitative estimate of drug-likeness (QED) is 0.481. The zero-order chi connectivity index (χ0) is 19.6. The SMILES string of the molecule is Cc1ncc(-c2cc3cnn(COCC[Si](C)(C)C)c3cc2CO)c(=O)[nH]1. The molecule has 27 heavy (non-hydrogen) atoms. The Kier molecular flexibility index (Phi) is 5.59. The van der Waals surface area contributed by atoms with Crippen LogP contribution in [0, 0.1) is 6.92 Å². The summed E-state index contributed by atoms with van der Waals surface area (Å²) in [4.78, 5) is 19.2. The van der Waals surface area contributed by atoms with E-state index >= 15 is 0 Å². The molecule has 7 nitrogen and oxygen atoms in total. The number of aliphatic hydroxyl groups is 1. The number of nitrogens with zero attached hydrogens (tertiary/aromatic N) is 3. The average molecular weight is 387 g/mol. The van der Waals surface area contributed by atoms with Gasteiger partial charge in [-0.2, -0.15) is 5.10 Å². The van der Waals surface area contributed by atoms with E-state index in [9.17, 15) is 9.90 Å². The molecule has 0 unspecified atom stereocenters. The smallest absolute Gasteiger partial charge is 0.258 e. The Morgan fingerprint density at radius 2 is 2.00 bits per heavy atom. The number of nitrogens with one attached hydrogen (secondary N) is 1. The van der Waals surface area contributed by atoms with Gasteiger partial charge in [-0.05, 0) is 36.2 Å². The molecule has 0 saturated carbocycles. The van der Waals surface area contributed by atoms with Crippen LogP contribution in [0.15, 0.2) is 29.3 Å². The highest BCUT2D eigenvalue weighted by Gasteiger charge is 2.15. The first-order chi connectivity index (χ1) is 12.8. The first kappa shape index (κ1) is 19.5. The van der Waals surface area contributed by atoms with Crippen LogP contribution in [0.25, 0.3) is 22.0 Å².